The second-order valence-electron chi connectivity index (χ2n) is 7.87. The number of hydrogen-bond donors (Lipinski definition) is 1. The molecule has 0 spiro atoms. The molecule has 7 heteroatoms. The molecule has 1 aromatic carbocycles. The number of amides is 1. The van der Waals surface area contributed by atoms with Crippen molar-refractivity contribution in [2.75, 3.05) is 20.1 Å². The van der Waals surface area contributed by atoms with E-state index >= 15 is 0 Å². The van der Waals surface area contributed by atoms with Crippen LogP contribution in [0.4, 0.5) is 0 Å². The predicted octanol–water partition coefficient (Wildman–Crippen LogP) is 3.74. The van der Waals surface area contributed by atoms with Crippen molar-refractivity contribution in [3.8, 4) is 0 Å². The highest BCUT2D eigenvalue weighted by Crippen LogP contribution is 2.16. The van der Waals surface area contributed by atoms with Gasteiger partial charge < -0.3 is 14.6 Å². The number of aryl methyl sites for hydroxylation is 1. The second kappa shape index (κ2) is 9.75. The molecule has 3 heterocycles. The van der Waals surface area contributed by atoms with E-state index in [0.717, 1.165) is 61.1 Å². The smallest absolute Gasteiger partial charge is 0.274 e. The van der Waals surface area contributed by atoms with Crippen molar-refractivity contribution in [2.24, 2.45) is 0 Å². The van der Waals surface area contributed by atoms with Crippen LogP contribution >= 0.6 is 0 Å². The summed E-state index contributed by atoms with van der Waals surface area (Å²) < 4.78 is 4.05. The first-order valence-electron chi connectivity index (χ1n) is 11.0. The van der Waals surface area contributed by atoms with Crippen LogP contribution in [0, 0.1) is 0 Å². The second-order valence-corrected chi connectivity index (χ2v) is 7.87. The molecular formula is C24H30N6O. The molecule has 0 radical (unpaired) electrons. The van der Waals surface area contributed by atoms with E-state index in [1.54, 1.807) is 4.90 Å². The minimum absolute atomic E-state index is 0.0167. The van der Waals surface area contributed by atoms with Crippen LogP contribution in [0.1, 0.15) is 42.4 Å². The van der Waals surface area contributed by atoms with E-state index in [-0.39, 0.29) is 5.91 Å². The summed E-state index contributed by atoms with van der Waals surface area (Å²) in [4.78, 5) is 19.4. The summed E-state index contributed by atoms with van der Waals surface area (Å²) in [5.74, 6) is -0.0167. The van der Waals surface area contributed by atoms with E-state index in [4.69, 9.17) is 0 Å². The summed E-state index contributed by atoms with van der Waals surface area (Å²) in [7, 11) is 1.85. The highest BCUT2D eigenvalue weighted by Gasteiger charge is 2.21. The third-order valence-electron chi connectivity index (χ3n) is 5.59. The number of fused-ring (bicyclic) bond motifs is 2. The normalized spacial score (nSPS) is 11.4. The Morgan fingerprint density at radius 2 is 1.97 bits per heavy atom. The molecule has 0 bridgehead atoms. The highest BCUT2D eigenvalue weighted by molar-refractivity contribution is 5.94. The zero-order valence-electron chi connectivity index (χ0n) is 18.3. The number of benzene rings is 1. The van der Waals surface area contributed by atoms with E-state index in [1.807, 2.05) is 58.9 Å². The maximum atomic E-state index is 13.0. The lowest BCUT2D eigenvalue weighted by Gasteiger charge is -2.16. The number of unbranched alkanes of at least 4 members (excludes halogenated alkanes) is 1. The van der Waals surface area contributed by atoms with Crippen LogP contribution in [-0.2, 0) is 13.1 Å². The monoisotopic (exact) mass is 418 g/mol. The third-order valence-corrected chi connectivity index (χ3v) is 5.59. The molecule has 0 unspecified atom stereocenters. The predicted molar refractivity (Wildman–Crippen MR) is 123 cm³/mol. The molecule has 0 aliphatic rings. The minimum atomic E-state index is -0.0167. The number of rotatable bonds is 10. The SMILES string of the molecule is CCCCN(C)C(=O)c1nc2ccccn2c1CNCCCn1ncc2ccccc21. The van der Waals surface area contributed by atoms with Crippen molar-refractivity contribution in [3.05, 3.63) is 66.2 Å². The van der Waals surface area contributed by atoms with Gasteiger partial charge in [0.25, 0.3) is 5.91 Å². The number of para-hydroxylation sites is 1. The molecule has 31 heavy (non-hydrogen) atoms. The van der Waals surface area contributed by atoms with Crippen LogP contribution in [0.3, 0.4) is 0 Å². The number of imidazole rings is 1. The molecule has 0 fully saturated rings. The molecule has 162 valence electrons. The summed E-state index contributed by atoms with van der Waals surface area (Å²) in [6.07, 6.45) is 6.88. The number of hydrogen-bond acceptors (Lipinski definition) is 4. The van der Waals surface area contributed by atoms with Gasteiger partial charge in [-0.2, -0.15) is 5.10 Å². The summed E-state index contributed by atoms with van der Waals surface area (Å²) >= 11 is 0. The molecule has 0 aliphatic carbocycles. The van der Waals surface area contributed by atoms with Gasteiger partial charge in [0.2, 0.25) is 0 Å². The number of carbonyl (C=O) groups is 1. The fourth-order valence-corrected chi connectivity index (χ4v) is 3.83. The Morgan fingerprint density at radius 1 is 1.13 bits per heavy atom. The molecule has 1 N–H and O–H groups in total. The quantitative estimate of drug-likeness (QED) is 0.399. The van der Waals surface area contributed by atoms with Crippen molar-refractivity contribution in [2.45, 2.75) is 39.3 Å². The number of nitrogens with one attached hydrogen (secondary N) is 1. The van der Waals surface area contributed by atoms with Gasteiger partial charge in [0.15, 0.2) is 5.69 Å². The number of aromatic nitrogens is 4. The number of carbonyl (C=O) groups excluding carboxylic acids is 1. The number of pyridine rings is 1. The zero-order valence-corrected chi connectivity index (χ0v) is 18.3. The molecule has 0 atom stereocenters. The Morgan fingerprint density at radius 3 is 2.84 bits per heavy atom. The summed E-state index contributed by atoms with van der Waals surface area (Å²) in [5.41, 5.74) is 3.41. The van der Waals surface area contributed by atoms with Crippen LogP contribution in [-0.4, -0.2) is 50.1 Å². The largest absolute Gasteiger partial charge is 0.340 e. The summed E-state index contributed by atoms with van der Waals surface area (Å²) in [6, 6.07) is 14.1. The Labute approximate surface area is 182 Å². The van der Waals surface area contributed by atoms with Gasteiger partial charge in [-0.05, 0) is 37.6 Å². The lowest BCUT2D eigenvalue weighted by Crippen LogP contribution is -2.29. The van der Waals surface area contributed by atoms with Gasteiger partial charge in [-0.15, -0.1) is 0 Å². The number of nitrogens with zero attached hydrogens (tertiary/aromatic N) is 5. The van der Waals surface area contributed by atoms with Crippen LogP contribution < -0.4 is 5.32 Å². The molecular weight excluding hydrogens is 388 g/mol. The maximum Gasteiger partial charge on any atom is 0.274 e. The van der Waals surface area contributed by atoms with Crippen molar-refractivity contribution in [1.82, 2.24) is 29.4 Å². The Balaban J connectivity index is 1.41. The molecule has 0 aliphatic heterocycles. The lowest BCUT2D eigenvalue weighted by atomic mass is 10.2. The first-order chi connectivity index (χ1) is 15.2. The van der Waals surface area contributed by atoms with E-state index < -0.39 is 0 Å². The standard InChI is InChI=1S/C24H30N6O/c1-3-4-14-28(2)24(31)23-21(29-15-8-7-12-22(29)27-23)18-25-13-9-16-30-20-11-6-5-10-19(20)17-26-30/h5-8,10-12,15,17,25H,3-4,9,13-14,16,18H2,1-2H3. The first-order valence-corrected chi connectivity index (χ1v) is 11.0. The van der Waals surface area contributed by atoms with Crippen molar-refractivity contribution in [3.63, 3.8) is 0 Å². The fourth-order valence-electron chi connectivity index (χ4n) is 3.83. The summed E-state index contributed by atoms with van der Waals surface area (Å²) in [6.45, 7) is 5.14. The summed E-state index contributed by atoms with van der Waals surface area (Å²) in [5, 5.41) is 9.15. The molecule has 3 aromatic heterocycles. The zero-order chi connectivity index (χ0) is 21.6. The van der Waals surface area contributed by atoms with Gasteiger partial charge in [-0.3, -0.25) is 9.48 Å². The molecule has 4 rings (SSSR count). The Hall–Kier alpha value is -3.19. The van der Waals surface area contributed by atoms with E-state index in [2.05, 4.69) is 34.5 Å². The van der Waals surface area contributed by atoms with Crippen LogP contribution in [0.15, 0.2) is 54.9 Å². The van der Waals surface area contributed by atoms with Gasteiger partial charge in [0.05, 0.1) is 17.4 Å². The van der Waals surface area contributed by atoms with E-state index in [9.17, 15) is 4.79 Å². The van der Waals surface area contributed by atoms with Gasteiger partial charge in [0.1, 0.15) is 5.65 Å². The highest BCUT2D eigenvalue weighted by atomic mass is 16.2. The van der Waals surface area contributed by atoms with Crippen LogP contribution in [0.5, 0.6) is 0 Å². The van der Waals surface area contributed by atoms with Gasteiger partial charge >= 0.3 is 0 Å². The topological polar surface area (TPSA) is 67.5 Å². The Kier molecular flexibility index (Phi) is 6.62. The molecule has 0 saturated heterocycles. The maximum absolute atomic E-state index is 13.0. The van der Waals surface area contributed by atoms with E-state index in [1.165, 1.54) is 0 Å². The Bertz CT molecular complexity index is 1160. The average Bonchev–Trinajstić information content (AvgIpc) is 3.38. The van der Waals surface area contributed by atoms with Gasteiger partial charge in [-0.25, -0.2) is 4.98 Å². The lowest BCUT2D eigenvalue weighted by molar-refractivity contribution is 0.0787. The van der Waals surface area contributed by atoms with Crippen molar-refractivity contribution >= 4 is 22.5 Å². The fraction of sp³-hybridized carbons (Fsp3) is 0.375. The van der Waals surface area contributed by atoms with E-state index in [0.29, 0.717) is 12.2 Å². The molecule has 0 saturated carbocycles. The average molecular weight is 419 g/mol. The third kappa shape index (κ3) is 4.61. The molecule has 7 nitrogen and oxygen atoms in total. The van der Waals surface area contributed by atoms with Crippen molar-refractivity contribution in [1.29, 1.82) is 0 Å². The van der Waals surface area contributed by atoms with Crippen molar-refractivity contribution < 1.29 is 4.79 Å². The van der Waals surface area contributed by atoms with Gasteiger partial charge in [-0.1, -0.05) is 37.6 Å². The van der Waals surface area contributed by atoms with Crippen LogP contribution in [0.2, 0.25) is 0 Å². The molecule has 4 aromatic rings. The first kappa shape index (κ1) is 21.1. The van der Waals surface area contributed by atoms with Crippen LogP contribution in [0.25, 0.3) is 16.6 Å². The molecule has 1 amide bonds. The minimum Gasteiger partial charge on any atom is -0.340 e. The van der Waals surface area contributed by atoms with Gasteiger partial charge in [0, 0.05) is 38.3 Å².